The maximum atomic E-state index is 12.5. The lowest BCUT2D eigenvalue weighted by Crippen LogP contribution is -2.45. The average Bonchev–Trinajstić information content (AvgIpc) is 2.58. The molecule has 0 saturated carbocycles. The summed E-state index contributed by atoms with van der Waals surface area (Å²) in [5.74, 6) is -0.582. The van der Waals surface area contributed by atoms with Gasteiger partial charge in [0, 0.05) is 25.3 Å². The van der Waals surface area contributed by atoms with Crippen LogP contribution in [0.4, 0.5) is 0 Å². The number of hydrogen-bond donors (Lipinski definition) is 1. The zero-order chi connectivity index (χ0) is 18.2. The maximum Gasteiger partial charge on any atom is 0.323 e. The summed E-state index contributed by atoms with van der Waals surface area (Å²) < 4.78 is 10.9. The standard InChI is InChI=1S/C19H25NO5/c1-14(2)25-17-5-3-4-15(12-17)6-7-18(21)20(13-19(22)23)16-8-10-24-11-9-16/h3-7,12,14,16H,8-11,13H2,1-2H3,(H,22,23)/b7-6-. The number of amides is 1. The molecule has 0 atom stereocenters. The zero-order valence-corrected chi connectivity index (χ0v) is 14.7. The fourth-order valence-electron chi connectivity index (χ4n) is 2.76. The van der Waals surface area contributed by atoms with Crippen LogP contribution in [0.2, 0.25) is 0 Å². The van der Waals surface area contributed by atoms with Crippen LogP contribution in [0.15, 0.2) is 30.3 Å². The fourth-order valence-corrected chi connectivity index (χ4v) is 2.76. The van der Waals surface area contributed by atoms with Gasteiger partial charge in [0.1, 0.15) is 12.3 Å². The molecule has 6 nitrogen and oxygen atoms in total. The normalized spacial score (nSPS) is 15.5. The van der Waals surface area contributed by atoms with Crippen molar-refractivity contribution in [1.82, 2.24) is 4.90 Å². The molecular formula is C19H25NO5. The van der Waals surface area contributed by atoms with E-state index in [1.54, 1.807) is 6.08 Å². The van der Waals surface area contributed by atoms with E-state index in [9.17, 15) is 9.59 Å². The highest BCUT2D eigenvalue weighted by atomic mass is 16.5. The Morgan fingerprint density at radius 3 is 2.72 bits per heavy atom. The SMILES string of the molecule is CC(C)Oc1cccc(/C=C\C(=O)N(CC(=O)O)C2CCOCC2)c1. The predicted octanol–water partition coefficient (Wildman–Crippen LogP) is 2.58. The van der Waals surface area contributed by atoms with Crippen LogP contribution in [0.1, 0.15) is 32.3 Å². The number of carbonyl (C=O) groups excluding carboxylic acids is 1. The van der Waals surface area contributed by atoms with Gasteiger partial charge in [-0.2, -0.15) is 0 Å². The lowest BCUT2D eigenvalue weighted by molar-refractivity contribution is -0.145. The summed E-state index contributed by atoms with van der Waals surface area (Å²) in [6.45, 7) is 4.69. The first-order valence-electron chi connectivity index (χ1n) is 8.50. The lowest BCUT2D eigenvalue weighted by atomic mass is 10.1. The largest absolute Gasteiger partial charge is 0.491 e. The maximum absolute atomic E-state index is 12.5. The molecule has 25 heavy (non-hydrogen) atoms. The second kappa shape index (κ2) is 9.22. The van der Waals surface area contributed by atoms with Crippen LogP contribution in [0.25, 0.3) is 6.08 Å². The van der Waals surface area contributed by atoms with E-state index in [-0.39, 0.29) is 24.6 Å². The first-order valence-corrected chi connectivity index (χ1v) is 8.50. The Bertz CT molecular complexity index is 620. The molecule has 0 unspecified atom stereocenters. The van der Waals surface area contributed by atoms with E-state index in [0.717, 1.165) is 11.3 Å². The van der Waals surface area contributed by atoms with Crippen LogP contribution in [0.5, 0.6) is 5.75 Å². The Kier molecular flexibility index (Phi) is 7.01. The zero-order valence-electron chi connectivity index (χ0n) is 14.7. The molecule has 1 aromatic rings. The number of benzene rings is 1. The summed E-state index contributed by atoms with van der Waals surface area (Å²) in [5.41, 5.74) is 0.828. The lowest BCUT2D eigenvalue weighted by Gasteiger charge is -2.32. The summed E-state index contributed by atoms with van der Waals surface area (Å²) in [6.07, 6.45) is 4.49. The van der Waals surface area contributed by atoms with Crippen LogP contribution >= 0.6 is 0 Å². The highest BCUT2D eigenvalue weighted by Crippen LogP contribution is 2.18. The van der Waals surface area contributed by atoms with Crippen LogP contribution in [0, 0.1) is 0 Å². The molecule has 1 saturated heterocycles. The molecule has 1 fully saturated rings. The Morgan fingerprint density at radius 2 is 2.08 bits per heavy atom. The first kappa shape index (κ1) is 19.0. The van der Waals surface area contributed by atoms with Gasteiger partial charge >= 0.3 is 5.97 Å². The van der Waals surface area contributed by atoms with Gasteiger partial charge in [0.2, 0.25) is 5.91 Å². The number of carboxylic acid groups (broad SMARTS) is 1. The van der Waals surface area contributed by atoms with Gasteiger partial charge in [-0.05, 0) is 50.5 Å². The highest BCUT2D eigenvalue weighted by molar-refractivity contribution is 5.93. The van der Waals surface area contributed by atoms with E-state index < -0.39 is 5.97 Å². The molecule has 1 heterocycles. The molecule has 1 aromatic carbocycles. The van der Waals surface area contributed by atoms with Crippen molar-refractivity contribution in [1.29, 1.82) is 0 Å². The van der Waals surface area contributed by atoms with Crippen molar-refractivity contribution in [2.24, 2.45) is 0 Å². The number of rotatable bonds is 7. The molecule has 0 spiro atoms. The summed E-state index contributed by atoms with van der Waals surface area (Å²) in [4.78, 5) is 25.0. The summed E-state index contributed by atoms with van der Waals surface area (Å²) in [6, 6.07) is 7.33. The fraction of sp³-hybridized carbons (Fsp3) is 0.474. The van der Waals surface area contributed by atoms with Crippen molar-refractivity contribution < 1.29 is 24.2 Å². The van der Waals surface area contributed by atoms with Gasteiger partial charge < -0.3 is 19.5 Å². The molecule has 6 heteroatoms. The van der Waals surface area contributed by atoms with E-state index >= 15 is 0 Å². The van der Waals surface area contributed by atoms with Gasteiger partial charge in [-0.1, -0.05) is 12.1 Å². The molecule has 1 aliphatic rings. The van der Waals surface area contributed by atoms with Crippen molar-refractivity contribution in [3.63, 3.8) is 0 Å². The van der Waals surface area contributed by atoms with Gasteiger partial charge in [-0.15, -0.1) is 0 Å². The third kappa shape index (κ3) is 6.23. The second-order valence-corrected chi connectivity index (χ2v) is 6.28. The quantitative estimate of drug-likeness (QED) is 0.767. The van der Waals surface area contributed by atoms with Crippen molar-refractivity contribution in [3.8, 4) is 5.75 Å². The minimum Gasteiger partial charge on any atom is -0.491 e. The molecule has 1 N–H and O–H groups in total. The topological polar surface area (TPSA) is 76.1 Å². The molecule has 0 aliphatic carbocycles. The van der Waals surface area contributed by atoms with E-state index in [0.29, 0.717) is 26.1 Å². The molecule has 1 amide bonds. The van der Waals surface area contributed by atoms with E-state index in [2.05, 4.69) is 0 Å². The van der Waals surface area contributed by atoms with Crippen molar-refractivity contribution >= 4 is 18.0 Å². The molecule has 136 valence electrons. The minimum atomic E-state index is -1.01. The Labute approximate surface area is 148 Å². The van der Waals surface area contributed by atoms with Crippen LogP contribution in [0.3, 0.4) is 0 Å². The Balaban J connectivity index is 2.08. The predicted molar refractivity (Wildman–Crippen MR) is 94.4 cm³/mol. The third-order valence-corrected chi connectivity index (χ3v) is 3.87. The van der Waals surface area contributed by atoms with Gasteiger partial charge in [-0.3, -0.25) is 9.59 Å². The summed E-state index contributed by atoms with van der Waals surface area (Å²) >= 11 is 0. The monoisotopic (exact) mass is 347 g/mol. The Hall–Kier alpha value is -2.34. The number of nitrogens with zero attached hydrogens (tertiary/aromatic N) is 1. The molecule has 0 bridgehead atoms. The molecule has 2 rings (SSSR count). The Morgan fingerprint density at radius 1 is 1.36 bits per heavy atom. The van der Waals surface area contributed by atoms with E-state index in [4.69, 9.17) is 14.6 Å². The molecule has 0 radical (unpaired) electrons. The first-order chi connectivity index (χ1) is 12.0. The van der Waals surface area contributed by atoms with Crippen molar-refractivity contribution in [2.45, 2.75) is 38.8 Å². The number of carboxylic acids is 1. The van der Waals surface area contributed by atoms with Crippen molar-refractivity contribution in [2.75, 3.05) is 19.8 Å². The smallest absolute Gasteiger partial charge is 0.323 e. The molecular weight excluding hydrogens is 322 g/mol. The average molecular weight is 347 g/mol. The second-order valence-electron chi connectivity index (χ2n) is 6.28. The van der Waals surface area contributed by atoms with Gasteiger partial charge in [0.05, 0.1) is 6.10 Å². The van der Waals surface area contributed by atoms with Gasteiger partial charge in [0.25, 0.3) is 0 Å². The number of hydrogen-bond acceptors (Lipinski definition) is 4. The summed E-state index contributed by atoms with van der Waals surface area (Å²) in [5, 5.41) is 9.10. The van der Waals surface area contributed by atoms with Gasteiger partial charge in [-0.25, -0.2) is 0 Å². The van der Waals surface area contributed by atoms with E-state index in [1.165, 1.54) is 11.0 Å². The van der Waals surface area contributed by atoms with E-state index in [1.807, 2.05) is 38.1 Å². The van der Waals surface area contributed by atoms with Crippen LogP contribution in [-0.4, -0.2) is 53.8 Å². The minimum absolute atomic E-state index is 0.0699. The summed E-state index contributed by atoms with van der Waals surface area (Å²) in [7, 11) is 0. The molecule has 0 aromatic heterocycles. The van der Waals surface area contributed by atoms with Crippen molar-refractivity contribution in [3.05, 3.63) is 35.9 Å². The third-order valence-electron chi connectivity index (χ3n) is 3.87. The number of ether oxygens (including phenoxy) is 2. The number of aliphatic carboxylic acids is 1. The number of carbonyl (C=O) groups is 2. The molecule has 1 aliphatic heterocycles. The van der Waals surface area contributed by atoms with Crippen LogP contribution in [-0.2, 0) is 14.3 Å². The van der Waals surface area contributed by atoms with Crippen LogP contribution < -0.4 is 4.74 Å². The van der Waals surface area contributed by atoms with Gasteiger partial charge in [0.15, 0.2) is 0 Å². The highest BCUT2D eigenvalue weighted by Gasteiger charge is 2.26.